The first kappa shape index (κ1) is 43.6. The SMILES string of the molecule is CCCCOC(C)[O-].CCCCOC(C)[O-].CCCCOC(C)[O-].CCCCOC(C)[O-].[Zr+4]. The van der Waals surface area contributed by atoms with Gasteiger partial charge in [-0.05, 0) is 50.8 Å². The molecule has 0 aliphatic heterocycles. The Morgan fingerprint density at radius 1 is 0.424 bits per heavy atom. The van der Waals surface area contributed by atoms with Gasteiger partial charge in [-0.15, -0.1) is 0 Å². The molecule has 0 fully saturated rings. The number of rotatable bonds is 16. The fraction of sp³-hybridized carbons (Fsp3) is 1.00. The quantitative estimate of drug-likeness (QED) is 0.207. The molecular formula is C24H52O8Zr. The van der Waals surface area contributed by atoms with Crippen molar-refractivity contribution < 1.29 is 65.6 Å². The number of unbranched alkanes of at least 4 members (excludes halogenated alkanes) is 4. The Balaban J connectivity index is -0.000000105. The average molecular weight is 560 g/mol. The molecule has 200 valence electrons. The Labute approximate surface area is 223 Å². The summed E-state index contributed by atoms with van der Waals surface area (Å²) in [5, 5.41) is 40.7. The van der Waals surface area contributed by atoms with Crippen LogP contribution in [0.5, 0.6) is 0 Å². The maximum atomic E-state index is 10.2. The first-order valence-corrected chi connectivity index (χ1v) is 12.2. The summed E-state index contributed by atoms with van der Waals surface area (Å²) < 4.78 is 18.9. The molecule has 0 radical (unpaired) electrons. The molecule has 33 heavy (non-hydrogen) atoms. The van der Waals surface area contributed by atoms with E-state index in [1.54, 1.807) is 0 Å². The van der Waals surface area contributed by atoms with E-state index in [1.807, 2.05) is 0 Å². The molecule has 0 bridgehead atoms. The van der Waals surface area contributed by atoms with Crippen molar-refractivity contribution in [2.45, 2.75) is 132 Å². The normalized spacial score (nSPS) is 13.5. The Morgan fingerprint density at radius 3 is 0.667 bits per heavy atom. The zero-order valence-electron chi connectivity index (χ0n) is 22.6. The monoisotopic (exact) mass is 558 g/mol. The van der Waals surface area contributed by atoms with E-state index >= 15 is 0 Å². The minimum Gasteiger partial charge on any atom is -0.831 e. The molecule has 0 amide bonds. The maximum Gasteiger partial charge on any atom is 4.00 e. The molecule has 0 rings (SSSR count). The van der Waals surface area contributed by atoms with Crippen molar-refractivity contribution in [3.63, 3.8) is 0 Å². The van der Waals surface area contributed by atoms with Crippen LogP contribution in [0.2, 0.25) is 0 Å². The van der Waals surface area contributed by atoms with Gasteiger partial charge in [0, 0.05) is 26.4 Å². The maximum absolute atomic E-state index is 10.2. The summed E-state index contributed by atoms with van der Waals surface area (Å²) in [6.45, 7) is 16.8. The van der Waals surface area contributed by atoms with Crippen LogP contribution in [-0.4, -0.2) is 51.6 Å². The Kier molecular flexibility index (Phi) is 52.6. The van der Waals surface area contributed by atoms with Crippen molar-refractivity contribution in [2.75, 3.05) is 26.4 Å². The first-order chi connectivity index (χ1) is 15.1. The van der Waals surface area contributed by atoms with Crippen molar-refractivity contribution in [1.82, 2.24) is 0 Å². The second kappa shape index (κ2) is 39.8. The molecule has 0 spiro atoms. The summed E-state index contributed by atoms with van der Waals surface area (Å²) in [6.07, 6.45) is 4.95. The predicted molar refractivity (Wildman–Crippen MR) is 121 cm³/mol. The van der Waals surface area contributed by atoms with E-state index in [0.717, 1.165) is 51.4 Å². The van der Waals surface area contributed by atoms with E-state index in [-0.39, 0.29) is 26.2 Å². The number of hydrogen-bond donors (Lipinski definition) is 0. The zero-order chi connectivity index (χ0) is 25.6. The molecule has 0 aromatic carbocycles. The molecule has 0 aromatic rings. The Hall–Kier alpha value is 0.563. The average Bonchev–Trinajstić information content (AvgIpc) is 2.69. The largest absolute Gasteiger partial charge is 4.00 e. The first-order valence-electron chi connectivity index (χ1n) is 12.2. The number of ether oxygens (including phenoxy) is 4. The molecule has 0 N–H and O–H groups in total. The summed E-state index contributed by atoms with van der Waals surface area (Å²) in [4.78, 5) is 0. The van der Waals surface area contributed by atoms with E-state index in [1.165, 1.54) is 27.7 Å². The standard InChI is InChI=1S/4C6H13O2.Zr/c4*1-3-4-5-8-6(2)7;/h4*6H,3-5H2,1-2H3;/q4*-1;+4. The van der Waals surface area contributed by atoms with Crippen molar-refractivity contribution in [2.24, 2.45) is 0 Å². The van der Waals surface area contributed by atoms with Crippen LogP contribution in [0.3, 0.4) is 0 Å². The van der Waals surface area contributed by atoms with Crippen LogP contribution in [0.4, 0.5) is 0 Å². The second-order valence-electron chi connectivity index (χ2n) is 7.17. The van der Waals surface area contributed by atoms with Gasteiger partial charge in [0.15, 0.2) is 0 Å². The number of hydrogen-bond acceptors (Lipinski definition) is 8. The molecule has 0 aliphatic rings. The molecule has 8 nitrogen and oxygen atoms in total. The van der Waals surface area contributed by atoms with Gasteiger partial charge in [0.2, 0.25) is 0 Å². The second-order valence-corrected chi connectivity index (χ2v) is 7.17. The van der Waals surface area contributed by atoms with E-state index in [0.29, 0.717) is 26.4 Å². The van der Waals surface area contributed by atoms with Gasteiger partial charge in [-0.2, -0.15) is 0 Å². The zero-order valence-corrected chi connectivity index (χ0v) is 25.0. The summed E-state index contributed by atoms with van der Waals surface area (Å²) >= 11 is 0. The molecule has 0 heterocycles. The van der Waals surface area contributed by atoms with Crippen LogP contribution in [0.15, 0.2) is 0 Å². The third-order valence-electron chi connectivity index (χ3n) is 3.40. The fourth-order valence-electron chi connectivity index (χ4n) is 1.57. The van der Waals surface area contributed by atoms with Crippen LogP contribution in [-0.2, 0) is 45.2 Å². The molecule has 9 heteroatoms. The van der Waals surface area contributed by atoms with Gasteiger partial charge < -0.3 is 39.4 Å². The molecular weight excluding hydrogens is 507 g/mol. The molecule has 0 saturated heterocycles. The van der Waals surface area contributed by atoms with Crippen molar-refractivity contribution in [3.8, 4) is 0 Å². The third-order valence-corrected chi connectivity index (χ3v) is 3.40. The van der Waals surface area contributed by atoms with Crippen LogP contribution in [0.1, 0.15) is 107 Å². The summed E-state index contributed by atoms with van der Waals surface area (Å²) in [5.41, 5.74) is 0. The van der Waals surface area contributed by atoms with Gasteiger partial charge in [0.1, 0.15) is 0 Å². The van der Waals surface area contributed by atoms with Gasteiger partial charge in [0.05, 0.1) is 0 Å². The van der Waals surface area contributed by atoms with E-state index < -0.39 is 25.2 Å². The topological polar surface area (TPSA) is 129 Å². The van der Waals surface area contributed by atoms with Gasteiger partial charge >= 0.3 is 26.2 Å². The summed E-state index contributed by atoms with van der Waals surface area (Å²) in [7, 11) is 0. The van der Waals surface area contributed by atoms with E-state index in [9.17, 15) is 20.4 Å². The van der Waals surface area contributed by atoms with Gasteiger partial charge in [-0.3, -0.25) is 0 Å². The Bertz CT molecular complexity index is 238. The minimum atomic E-state index is -0.846. The minimum absolute atomic E-state index is 0. The van der Waals surface area contributed by atoms with Crippen molar-refractivity contribution >= 4 is 0 Å². The predicted octanol–water partition coefficient (Wildman–Crippen LogP) is 2.04. The van der Waals surface area contributed by atoms with E-state index in [2.05, 4.69) is 27.7 Å². The fourth-order valence-corrected chi connectivity index (χ4v) is 1.57. The van der Waals surface area contributed by atoms with Crippen LogP contribution in [0.25, 0.3) is 0 Å². The molecule has 0 saturated carbocycles. The van der Waals surface area contributed by atoms with Crippen LogP contribution >= 0.6 is 0 Å². The molecule has 4 unspecified atom stereocenters. The Morgan fingerprint density at radius 2 is 0.576 bits per heavy atom. The van der Waals surface area contributed by atoms with Crippen LogP contribution < -0.4 is 20.4 Å². The molecule has 4 atom stereocenters. The van der Waals surface area contributed by atoms with Gasteiger partial charge in [-0.25, -0.2) is 0 Å². The third kappa shape index (κ3) is 71.9. The summed E-state index contributed by atoms with van der Waals surface area (Å²) in [5.74, 6) is 0. The molecule has 0 aromatic heterocycles. The van der Waals surface area contributed by atoms with Crippen molar-refractivity contribution in [1.29, 1.82) is 0 Å². The van der Waals surface area contributed by atoms with Crippen LogP contribution in [0, 0.1) is 0 Å². The van der Waals surface area contributed by atoms with Crippen molar-refractivity contribution in [3.05, 3.63) is 0 Å². The van der Waals surface area contributed by atoms with E-state index in [4.69, 9.17) is 18.9 Å². The smallest absolute Gasteiger partial charge is 0.831 e. The van der Waals surface area contributed by atoms with Gasteiger partial charge in [0.25, 0.3) is 0 Å². The summed E-state index contributed by atoms with van der Waals surface area (Å²) in [6, 6.07) is 0. The van der Waals surface area contributed by atoms with Gasteiger partial charge in [-0.1, -0.05) is 81.1 Å². The molecule has 0 aliphatic carbocycles.